The summed E-state index contributed by atoms with van der Waals surface area (Å²) in [5.74, 6) is 1.85. The van der Waals surface area contributed by atoms with Gasteiger partial charge in [0, 0.05) is 24.4 Å². The Morgan fingerprint density at radius 1 is 1.71 bits per heavy atom. The van der Waals surface area contributed by atoms with E-state index in [2.05, 4.69) is 16.2 Å². The summed E-state index contributed by atoms with van der Waals surface area (Å²) in [5.41, 5.74) is 0.255. The van der Waals surface area contributed by atoms with E-state index in [1.165, 1.54) is 19.3 Å². The van der Waals surface area contributed by atoms with Crippen molar-refractivity contribution in [1.82, 2.24) is 10.3 Å². The van der Waals surface area contributed by atoms with E-state index in [0.29, 0.717) is 5.56 Å². The van der Waals surface area contributed by atoms with E-state index in [4.69, 9.17) is 6.42 Å². The summed E-state index contributed by atoms with van der Waals surface area (Å²) < 4.78 is 0. The first-order chi connectivity index (χ1) is 6.69. The zero-order valence-electron chi connectivity index (χ0n) is 7.68. The largest absolute Gasteiger partial charge is 0.359 e. The van der Waals surface area contributed by atoms with E-state index in [-0.39, 0.29) is 23.5 Å². The lowest BCUT2D eigenvalue weighted by Gasteiger charge is -2.01. The molecule has 71 valence electrons. The topological polar surface area (TPSA) is 62.0 Å². The summed E-state index contributed by atoms with van der Waals surface area (Å²) in [6.07, 6.45) is 8.34. The average molecular weight is 189 g/mol. The predicted octanol–water partition coefficient (Wildman–Crippen LogP) is -0.399. The normalized spacial score (nSPS) is 9.14. The van der Waals surface area contributed by atoms with Gasteiger partial charge in [-0.05, 0) is 12.5 Å². The van der Waals surface area contributed by atoms with E-state index >= 15 is 0 Å². The molecule has 0 bridgehead atoms. The van der Waals surface area contributed by atoms with Crippen molar-refractivity contribution in [3.05, 3.63) is 40.2 Å². The van der Waals surface area contributed by atoms with Crippen LogP contribution in [0.25, 0.3) is 0 Å². The highest BCUT2D eigenvalue weighted by molar-refractivity contribution is 5.78. The summed E-state index contributed by atoms with van der Waals surface area (Å²) in [4.78, 5) is 24.8. The van der Waals surface area contributed by atoms with Crippen molar-refractivity contribution in [2.45, 2.75) is 6.42 Å². The van der Waals surface area contributed by atoms with Crippen molar-refractivity contribution in [3.8, 4) is 5.92 Å². The molecule has 4 nitrogen and oxygen atoms in total. The highest BCUT2D eigenvalue weighted by Crippen LogP contribution is 2.01. The van der Waals surface area contributed by atoms with E-state index in [1.54, 1.807) is 0 Å². The van der Waals surface area contributed by atoms with E-state index < -0.39 is 0 Å². The van der Waals surface area contributed by atoms with Gasteiger partial charge in [0.2, 0.25) is 5.91 Å². The van der Waals surface area contributed by atoms with Crippen LogP contribution >= 0.6 is 0 Å². The van der Waals surface area contributed by atoms with Gasteiger partial charge in [0.15, 0.2) is 0 Å². The zero-order valence-corrected chi connectivity index (χ0v) is 7.68. The van der Waals surface area contributed by atoms with Crippen LogP contribution < -0.4 is 10.9 Å². The fraction of sp³-hybridized carbons (Fsp3) is 0.200. The summed E-state index contributed by atoms with van der Waals surface area (Å²) >= 11 is 0. The Labute approximate surface area is 81.3 Å². The number of amides is 1. The number of likely N-dealkylation sites (N-methyl/N-ethyl adjacent to an activating group) is 1. The van der Waals surface area contributed by atoms with Crippen LogP contribution in [0.5, 0.6) is 0 Å². The maximum Gasteiger partial charge on any atom is 0.252 e. The molecule has 0 spiro atoms. The molecular formula is C10H9N2O2. The van der Waals surface area contributed by atoms with Gasteiger partial charge in [-0.25, -0.2) is 0 Å². The number of nitrogens with one attached hydrogen (secondary N) is 2. The monoisotopic (exact) mass is 189 g/mol. The molecule has 1 aromatic heterocycles. The number of aromatic nitrogens is 1. The lowest BCUT2D eigenvalue weighted by molar-refractivity contribution is -0.119. The van der Waals surface area contributed by atoms with Gasteiger partial charge in [0.05, 0.1) is 6.42 Å². The van der Waals surface area contributed by atoms with Gasteiger partial charge >= 0.3 is 0 Å². The van der Waals surface area contributed by atoms with Crippen molar-refractivity contribution < 1.29 is 4.79 Å². The molecule has 1 aromatic rings. The third kappa shape index (κ3) is 2.02. The van der Waals surface area contributed by atoms with Crippen LogP contribution in [-0.4, -0.2) is 17.9 Å². The molecule has 2 N–H and O–H groups in total. The van der Waals surface area contributed by atoms with E-state index in [1.807, 2.05) is 0 Å². The van der Waals surface area contributed by atoms with Crippen LogP contribution in [0.3, 0.4) is 0 Å². The quantitative estimate of drug-likeness (QED) is 0.622. The third-order valence-electron chi connectivity index (χ3n) is 1.81. The van der Waals surface area contributed by atoms with Crippen molar-refractivity contribution in [2.24, 2.45) is 0 Å². The third-order valence-corrected chi connectivity index (χ3v) is 1.81. The molecule has 0 fully saturated rings. The van der Waals surface area contributed by atoms with Crippen LogP contribution in [0.1, 0.15) is 11.1 Å². The van der Waals surface area contributed by atoms with Crippen molar-refractivity contribution in [3.63, 3.8) is 0 Å². The van der Waals surface area contributed by atoms with Gasteiger partial charge in [0.25, 0.3) is 5.56 Å². The van der Waals surface area contributed by atoms with Crippen molar-refractivity contribution in [1.29, 1.82) is 0 Å². The number of pyridine rings is 1. The fourth-order valence-corrected chi connectivity index (χ4v) is 1.05. The molecule has 0 atom stereocenters. The van der Waals surface area contributed by atoms with Gasteiger partial charge in [0.1, 0.15) is 0 Å². The Morgan fingerprint density at radius 2 is 2.43 bits per heavy atom. The van der Waals surface area contributed by atoms with E-state index in [9.17, 15) is 9.59 Å². The number of hydrogen-bond acceptors (Lipinski definition) is 2. The Morgan fingerprint density at radius 3 is 3.00 bits per heavy atom. The molecular weight excluding hydrogens is 180 g/mol. The molecule has 14 heavy (non-hydrogen) atoms. The van der Waals surface area contributed by atoms with Crippen LogP contribution in [-0.2, 0) is 11.2 Å². The SMILES string of the molecule is [C]#Cc1cc[nH]c(=O)c1CC(=O)NC. The zero-order chi connectivity index (χ0) is 10.6. The predicted molar refractivity (Wildman–Crippen MR) is 51.1 cm³/mol. The molecule has 0 aliphatic rings. The lowest BCUT2D eigenvalue weighted by Crippen LogP contribution is -2.25. The molecule has 4 heteroatoms. The van der Waals surface area contributed by atoms with E-state index in [0.717, 1.165) is 0 Å². The molecule has 1 rings (SSSR count). The van der Waals surface area contributed by atoms with Gasteiger partial charge < -0.3 is 10.3 Å². The number of carbonyl (C=O) groups is 1. The first kappa shape index (κ1) is 10.1. The van der Waals surface area contributed by atoms with Crippen LogP contribution in [0.4, 0.5) is 0 Å². The summed E-state index contributed by atoms with van der Waals surface area (Å²) in [6, 6.07) is 1.53. The van der Waals surface area contributed by atoms with Gasteiger partial charge in [-0.1, -0.05) is 5.92 Å². The van der Waals surface area contributed by atoms with Crippen molar-refractivity contribution in [2.75, 3.05) is 7.05 Å². The van der Waals surface area contributed by atoms with Crippen molar-refractivity contribution >= 4 is 5.91 Å². The first-order valence-corrected chi connectivity index (χ1v) is 4.03. The molecule has 0 aromatic carbocycles. The first-order valence-electron chi connectivity index (χ1n) is 4.03. The van der Waals surface area contributed by atoms with Gasteiger partial charge in [-0.15, -0.1) is 0 Å². The summed E-state index contributed by atoms with van der Waals surface area (Å²) in [6.45, 7) is 0. The molecule has 1 amide bonds. The summed E-state index contributed by atoms with van der Waals surface area (Å²) in [5, 5.41) is 2.41. The molecule has 1 radical (unpaired) electrons. The molecule has 1 heterocycles. The standard InChI is InChI=1S/C10H9N2O2/c1-3-7-4-5-12-10(14)8(7)6-9(13)11-2/h4-5H,6H2,2H3,(H,11,13)(H,12,14). The van der Waals surface area contributed by atoms with Crippen LogP contribution in [0.2, 0.25) is 0 Å². The summed E-state index contributed by atoms with van der Waals surface area (Å²) in [7, 11) is 1.49. The second kappa shape index (κ2) is 4.28. The number of hydrogen-bond donors (Lipinski definition) is 2. The average Bonchev–Trinajstić information content (AvgIpc) is 2.20. The van der Waals surface area contributed by atoms with Gasteiger partial charge in [-0.3, -0.25) is 9.59 Å². The minimum absolute atomic E-state index is 0.0338. The minimum atomic E-state index is -0.356. The molecule has 0 aliphatic carbocycles. The highest BCUT2D eigenvalue weighted by atomic mass is 16.1. The number of aromatic amines is 1. The smallest absolute Gasteiger partial charge is 0.252 e. The van der Waals surface area contributed by atoms with Crippen LogP contribution in [0, 0.1) is 12.3 Å². The number of H-pyrrole nitrogens is 1. The minimum Gasteiger partial charge on any atom is -0.359 e. The highest BCUT2D eigenvalue weighted by Gasteiger charge is 2.09. The lowest BCUT2D eigenvalue weighted by atomic mass is 10.1. The Kier molecular flexibility index (Phi) is 3.08. The Bertz CT molecular complexity index is 440. The van der Waals surface area contributed by atoms with Crippen LogP contribution in [0.15, 0.2) is 17.1 Å². The second-order valence-corrected chi connectivity index (χ2v) is 2.67. The molecule has 0 aliphatic heterocycles. The second-order valence-electron chi connectivity index (χ2n) is 2.67. The molecule has 0 unspecified atom stereocenters. The number of rotatable bonds is 2. The molecule has 0 saturated carbocycles. The Hall–Kier alpha value is -2.02. The fourth-order valence-electron chi connectivity index (χ4n) is 1.05. The van der Waals surface area contributed by atoms with Gasteiger partial charge in [-0.2, -0.15) is 0 Å². The Balaban J connectivity index is 3.13. The molecule has 0 saturated heterocycles. The maximum atomic E-state index is 11.3. The maximum absolute atomic E-state index is 11.3. The number of carbonyl (C=O) groups excluding carboxylic acids is 1.